The summed E-state index contributed by atoms with van der Waals surface area (Å²) in [6.07, 6.45) is 6.98. The Morgan fingerprint density at radius 2 is 2.27 bits per heavy atom. The zero-order valence-corrected chi connectivity index (χ0v) is 9.87. The first-order chi connectivity index (χ1) is 7.36. The Kier molecular flexibility index (Phi) is 4.42. The lowest BCUT2D eigenvalue weighted by atomic mass is 10.1. The topological polar surface area (TPSA) is 24.5 Å². The highest BCUT2D eigenvalue weighted by Gasteiger charge is 2.20. The van der Waals surface area contributed by atoms with E-state index >= 15 is 0 Å². The summed E-state index contributed by atoms with van der Waals surface area (Å²) < 4.78 is 5.65. The first-order valence-corrected chi connectivity index (χ1v) is 6.39. The number of hydrogen-bond acceptors (Lipinski definition) is 3. The Morgan fingerprint density at radius 1 is 1.33 bits per heavy atom. The SMILES string of the molecule is CN(CCC1CCCO1)C1CCCNC1. The van der Waals surface area contributed by atoms with Crippen LogP contribution >= 0.6 is 0 Å². The summed E-state index contributed by atoms with van der Waals surface area (Å²) in [6.45, 7) is 4.55. The maximum Gasteiger partial charge on any atom is 0.0588 e. The van der Waals surface area contributed by atoms with Crippen LogP contribution in [0.4, 0.5) is 0 Å². The van der Waals surface area contributed by atoms with Crippen molar-refractivity contribution in [2.75, 3.05) is 33.3 Å². The molecule has 0 saturated carbocycles. The highest BCUT2D eigenvalue weighted by molar-refractivity contribution is 4.77. The van der Waals surface area contributed by atoms with Gasteiger partial charge in [-0.15, -0.1) is 0 Å². The molecule has 15 heavy (non-hydrogen) atoms. The van der Waals surface area contributed by atoms with Crippen LogP contribution in [0.5, 0.6) is 0 Å². The molecule has 2 aliphatic heterocycles. The van der Waals surface area contributed by atoms with Crippen molar-refractivity contribution in [3.8, 4) is 0 Å². The molecule has 2 unspecified atom stereocenters. The fourth-order valence-electron chi connectivity index (χ4n) is 2.61. The predicted octanol–water partition coefficient (Wildman–Crippen LogP) is 1.24. The summed E-state index contributed by atoms with van der Waals surface area (Å²) in [5, 5.41) is 3.47. The van der Waals surface area contributed by atoms with Crippen molar-refractivity contribution < 1.29 is 4.74 Å². The van der Waals surface area contributed by atoms with Crippen LogP contribution in [0.15, 0.2) is 0 Å². The molecule has 0 bridgehead atoms. The summed E-state index contributed by atoms with van der Waals surface area (Å²) >= 11 is 0. The summed E-state index contributed by atoms with van der Waals surface area (Å²) in [4.78, 5) is 2.51. The third-order valence-electron chi connectivity index (χ3n) is 3.72. The quantitative estimate of drug-likeness (QED) is 0.759. The van der Waals surface area contributed by atoms with Crippen molar-refractivity contribution in [1.29, 1.82) is 0 Å². The second-order valence-electron chi connectivity index (χ2n) is 4.90. The van der Waals surface area contributed by atoms with Crippen LogP contribution < -0.4 is 5.32 Å². The van der Waals surface area contributed by atoms with Crippen molar-refractivity contribution in [3.05, 3.63) is 0 Å². The third-order valence-corrected chi connectivity index (χ3v) is 3.72. The van der Waals surface area contributed by atoms with Crippen molar-refractivity contribution >= 4 is 0 Å². The molecule has 2 heterocycles. The van der Waals surface area contributed by atoms with E-state index < -0.39 is 0 Å². The van der Waals surface area contributed by atoms with Gasteiger partial charge >= 0.3 is 0 Å². The van der Waals surface area contributed by atoms with Crippen LogP contribution in [0.3, 0.4) is 0 Å². The van der Waals surface area contributed by atoms with Gasteiger partial charge in [-0.3, -0.25) is 0 Å². The second-order valence-corrected chi connectivity index (χ2v) is 4.90. The molecule has 0 amide bonds. The van der Waals surface area contributed by atoms with Crippen molar-refractivity contribution in [2.24, 2.45) is 0 Å². The minimum atomic E-state index is 0.545. The van der Waals surface area contributed by atoms with Gasteiger partial charge in [0.05, 0.1) is 6.10 Å². The Hall–Kier alpha value is -0.120. The number of ether oxygens (including phenoxy) is 1. The maximum absolute atomic E-state index is 5.65. The van der Waals surface area contributed by atoms with Gasteiger partial charge in [0, 0.05) is 25.7 Å². The molecule has 0 aromatic rings. The number of nitrogens with one attached hydrogen (secondary N) is 1. The lowest BCUT2D eigenvalue weighted by Gasteiger charge is -2.32. The molecular weight excluding hydrogens is 188 g/mol. The second kappa shape index (κ2) is 5.83. The Morgan fingerprint density at radius 3 is 2.93 bits per heavy atom. The maximum atomic E-state index is 5.65. The number of piperidine rings is 1. The Balaban J connectivity index is 1.64. The average Bonchev–Trinajstić information content (AvgIpc) is 2.80. The van der Waals surface area contributed by atoms with Crippen molar-refractivity contribution in [2.45, 2.75) is 44.2 Å². The average molecular weight is 212 g/mol. The first kappa shape index (κ1) is 11.4. The van der Waals surface area contributed by atoms with E-state index in [1.54, 1.807) is 0 Å². The molecule has 0 spiro atoms. The number of rotatable bonds is 4. The van der Waals surface area contributed by atoms with Gasteiger partial charge in [0.25, 0.3) is 0 Å². The highest BCUT2D eigenvalue weighted by Crippen LogP contribution is 2.16. The van der Waals surface area contributed by atoms with Gasteiger partial charge in [-0.2, -0.15) is 0 Å². The largest absolute Gasteiger partial charge is 0.378 e. The van der Waals surface area contributed by atoms with Gasteiger partial charge in [-0.25, -0.2) is 0 Å². The first-order valence-electron chi connectivity index (χ1n) is 6.39. The molecule has 2 atom stereocenters. The predicted molar refractivity (Wildman–Crippen MR) is 62.1 cm³/mol. The summed E-state index contributed by atoms with van der Waals surface area (Å²) in [5.41, 5.74) is 0. The third kappa shape index (κ3) is 3.44. The van der Waals surface area contributed by atoms with Gasteiger partial charge in [0.2, 0.25) is 0 Å². The Labute approximate surface area is 93.2 Å². The monoisotopic (exact) mass is 212 g/mol. The van der Waals surface area contributed by atoms with Gasteiger partial charge in [-0.05, 0) is 45.7 Å². The fraction of sp³-hybridized carbons (Fsp3) is 1.00. The van der Waals surface area contributed by atoms with E-state index in [0.717, 1.165) is 12.6 Å². The molecule has 88 valence electrons. The molecular formula is C12H24N2O. The number of hydrogen-bond donors (Lipinski definition) is 1. The van der Waals surface area contributed by atoms with Crippen LogP contribution in [0, 0.1) is 0 Å². The number of nitrogens with zero attached hydrogens (tertiary/aromatic N) is 1. The molecule has 2 rings (SSSR count). The molecule has 0 radical (unpaired) electrons. The van der Waals surface area contributed by atoms with E-state index in [1.165, 1.54) is 51.7 Å². The van der Waals surface area contributed by atoms with Crippen LogP contribution in [-0.2, 0) is 4.74 Å². The van der Waals surface area contributed by atoms with E-state index in [-0.39, 0.29) is 0 Å². The Bertz CT molecular complexity index is 174. The summed E-state index contributed by atoms with van der Waals surface area (Å²) in [6, 6.07) is 0.750. The van der Waals surface area contributed by atoms with Crippen molar-refractivity contribution in [3.63, 3.8) is 0 Å². The van der Waals surface area contributed by atoms with Gasteiger partial charge in [0.1, 0.15) is 0 Å². The van der Waals surface area contributed by atoms with Crippen LogP contribution in [-0.4, -0.2) is 50.3 Å². The molecule has 2 fully saturated rings. The van der Waals surface area contributed by atoms with Crippen LogP contribution in [0.1, 0.15) is 32.1 Å². The van der Waals surface area contributed by atoms with Crippen LogP contribution in [0.25, 0.3) is 0 Å². The van der Waals surface area contributed by atoms with Gasteiger partial charge in [-0.1, -0.05) is 0 Å². The molecule has 0 aromatic carbocycles. The highest BCUT2D eigenvalue weighted by atomic mass is 16.5. The van der Waals surface area contributed by atoms with Crippen molar-refractivity contribution in [1.82, 2.24) is 10.2 Å². The zero-order chi connectivity index (χ0) is 10.5. The molecule has 2 aliphatic rings. The summed E-state index contributed by atoms with van der Waals surface area (Å²) in [5.74, 6) is 0. The minimum Gasteiger partial charge on any atom is -0.378 e. The molecule has 2 saturated heterocycles. The smallest absolute Gasteiger partial charge is 0.0588 e. The fourth-order valence-corrected chi connectivity index (χ4v) is 2.61. The lowest BCUT2D eigenvalue weighted by Crippen LogP contribution is -2.44. The van der Waals surface area contributed by atoms with E-state index in [4.69, 9.17) is 4.74 Å². The normalized spacial score (nSPS) is 32.4. The van der Waals surface area contributed by atoms with Gasteiger partial charge < -0.3 is 15.0 Å². The van der Waals surface area contributed by atoms with E-state index in [0.29, 0.717) is 6.10 Å². The van der Waals surface area contributed by atoms with Crippen LogP contribution in [0.2, 0.25) is 0 Å². The van der Waals surface area contributed by atoms with E-state index in [1.807, 2.05) is 0 Å². The molecule has 0 aliphatic carbocycles. The van der Waals surface area contributed by atoms with E-state index in [9.17, 15) is 0 Å². The molecule has 1 N–H and O–H groups in total. The molecule has 3 heteroatoms. The lowest BCUT2D eigenvalue weighted by molar-refractivity contribution is 0.0871. The minimum absolute atomic E-state index is 0.545. The van der Waals surface area contributed by atoms with Gasteiger partial charge in [0.15, 0.2) is 0 Å². The standard InChI is InChI=1S/C12H24N2O/c1-14(11-4-2-7-13-10-11)8-6-12-5-3-9-15-12/h11-13H,2-10H2,1H3. The summed E-state index contributed by atoms with van der Waals surface area (Å²) in [7, 11) is 2.26. The number of likely N-dealkylation sites (N-methyl/N-ethyl adjacent to an activating group) is 1. The molecule has 0 aromatic heterocycles. The van der Waals surface area contributed by atoms with E-state index in [2.05, 4.69) is 17.3 Å². The zero-order valence-electron chi connectivity index (χ0n) is 9.87. The molecule has 3 nitrogen and oxygen atoms in total.